The number of H-pyrrole nitrogens is 1. The van der Waals surface area contributed by atoms with Crippen LogP contribution in [0.5, 0.6) is 0 Å². The third-order valence-electron chi connectivity index (χ3n) is 6.20. The molecular formula is C21H25FN6O. The molecule has 2 aliphatic rings. The lowest BCUT2D eigenvalue weighted by molar-refractivity contribution is 0.0753. The highest BCUT2D eigenvalue weighted by molar-refractivity contribution is 6.00. The summed E-state index contributed by atoms with van der Waals surface area (Å²) in [6.45, 7) is 4.77. The van der Waals surface area contributed by atoms with Crippen LogP contribution in [0.15, 0.2) is 18.2 Å². The summed E-state index contributed by atoms with van der Waals surface area (Å²) in [5.74, 6) is 1.59. The van der Waals surface area contributed by atoms with Crippen molar-refractivity contribution in [2.45, 2.75) is 45.2 Å². The first-order chi connectivity index (χ1) is 14.1. The molecule has 1 fully saturated rings. The van der Waals surface area contributed by atoms with E-state index < -0.39 is 0 Å². The molecule has 1 saturated heterocycles. The fourth-order valence-electron chi connectivity index (χ4n) is 4.55. The van der Waals surface area contributed by atoms with Crippen LogP contribution in [0.4, 0.5) is 4.39 Å². The van der Waals surface area contributed by atoms with E-state index in [0.717, 1.165) is 41.1 Å². The Hall–Kier alpha value is -2.74. The summed E-state index contributed by atoms with van der Waals surface area (Å²) in [6.07, 6.45) is 4.16. The third-order valence-corrected chi connectivity index (χ3v) is 6.20. The van der Waals surface area contributed by atoms with Crippen LogP contribution in [-0.4, -0.2) is 50.2 Å². The maximum Gasteiger partial charge on any atom is 0.270 e. The number of fused-ring (bicyclic) bond motifs is 2. The fourth-order valence-corrected chi connectivity index (χ4v) is 4.55. The van der Waals surface area contributed by atoms with E-state index in [9.17, 15) is 9.18 Å². The van der Waals surface area contributed by atoms with Crippen LogP contribution < -0.4 is 5.32 Å². The molecule has 1 atom stereocenters. The number of nitrogens with zero attached hydrogens (tertiary/aromatic N) is 4. The number of hydrogen-bond acceptors (Lipinski definition) is 4. The van der Waals surface area contributed by atoms with Crippen molar-refractivity contribution in [1.29, 1.82) is 0 Å². The second-order valence-electron chi connectivity index (χ2n) is 7.99. The molecule has 2 aromatic heterocycles. The molecule has 0 saturated carbocycles. The average molecular weight is 396 g/mol. The molecule has 1 aromatic carbocycles. The Labute approximate surface area is 168 Å². The van der Waals surface area contributed by atoms with Gasteiger partial charge in [-0.25, -0.2) is 4.39 Å². The van der Waals surface area contributed by atoms with Crippen molar-refractivity contribution in [3.8, 4) is 0 Å². The summed E-state index contributed by atoms with van der Waals surface area (Å²) < 4.78 is 15.8. The number of amides is 1. The quantitative estimate of drug-likeness (QED) is 0.698. The van der Waals surface area contributed by atoms with E-state index in [-0.39, 0.29) is 17.8 Å². The highest BCUT2D eigenvalue weighted by Crippen LogP contribution is 2.26. The second kappa shape index (κ2) is 7.26. The number of aryl methyl sites for hydroxylation is 1. The summed E-state index contributed by atoms with van der Waals surface area (Å²) in [5, 5.41) is 13.1. The molecule has 4 heterocycles. The predicted octanol–water partition coefficient (Wildman–Crippen LogP) is 2.72. The van der Waals surface area contributed by atoms with Gasteiger partial charge in [0.2, 0.25) is 0 Å². The van der Waals surface area contributed by atoms with E-state index in [0.29, 0.717) is 31.7 Å². The van der Waals surface area contributed by atoms with Gasteiger partial charge in [0.1, 0.15) is 23.2 Å². The first kappa shape index (κ1) is 18.3. The normalized spacial score (nSPS) is 19.9. The van der Waals surface area contributed by atoms with Gasteiger partial charge in [-0.15, -0.1) is 10.2 Å². The molecule has 2 N–H and O–H groups in total. The number of aromatic nitrogens is 4. The summed E-state index contributed by atoms with van der Waals surface area (Å²) in [4.78, 5) is 18.3. The Morgan fingerprint density at radius 3 is 2.93 bits per heavy atom. The monoisotopic (exact) mass is 396 g/mol. The van der Waals surface area contributed by atoms with E-state index in [2.05, 4.69) is 25.1 Å². The number of carbonyl (C=O) groups excluding carboxylic acids is 1. The lowest BCUT2D eigenvalue weighted by Gasteiger charge is -2.24. The van der Waals surface area contributed by atoms with E-state index in [1.54, 1.807) is 6.07 Å². The number of benzene rings is 1. The third kappa shape index (κ3) is 3.21. The lowest BCUT2D eigenvalue weighted by atomic mass is 10.0. The Morgan fingerprint density at radius 1 is 1.21 bits per heavy atom. The summed E-state index contributed by atoms with van der Waals surface area (Å²) >= 11 is 0. The van der Waals surface area contributed by atoms with Gasteiger partial charge in [-0.05, 0) is 50.1 Å². The van der Waals surface area contributed by atoms with E-state index >= 15 is 0 Å². The molecule has 0 bridgehead atoms. The zero-order valence-corrected chi connectivity index (χ0v) is 16.5. The molecule has 2 aliphatic heterocycles. The fraction of sp³-hybridized carbons (Fsp3) is 0.476. The maximum atomic E-state index is 13.6. The second-order valence-corrected chi connectivity index (χ2v) is 7.99. The standard InChI is InChI=1S/C21H25FN6O/c1-13-15-12-14(22)5-6-16(15)24-19(13)21(29)27-9-7-18-25-26-20(28(18)11-10-27)17-4-2-3-8-23-17/h5-6,12,17,23-24H,2-4,7-11H2,1H3. The molecule has 0 aliphatic carbocycles. The number of nitrogens with one attached hydrogen (secondary N) is 2. The Bertz CT molecular complexity index is 1060. The predicted molar refractivity (Wildman–Crippen MR) is 107 cm³/mol. The van der Waals surface area contributed by atoms with Crippen LogP contribution in [0.2, 0.25) is 0 Å². The van der Waals surface area contributed by atoms with Gasteiger partial charge in [0.05, 0.1) is 6.04 Å². The van der Waals surface area contributed by atoms with Crippen LogP contribution >= 0.6 is 0 Å². The topological polar surface area (TPSA) is 78.8 Å². The van der Waals surface area contributed by atoms with Crippen LogP contribution in [-0.2, 0) is 13.0 Å². The molecular weight excluding hydrogens is 371 g/mol. The molecule has 1 unspecified atom stereocenters. The lowest BCUT2D eigenvalue weighted by Crippen LogP contribution is -2.35. The smallest absolute Gasteiger partial charge is 0.270 e. The van der Waals surface area contributed by atoms with E-state index in [1.807, 2.05) is 11.8 Å². The molecule has 8 heteroatoms. The van der Waals surface area contributed by atoms with Gasteiger partial charge in [0, 0.05) is 37.0 Å². The van der Waals surface area contributed by atoms with E-state index in [4.69, 9.17) is 0 Å². The van der Waals surface area contributed by atoms with Crippen LogP contribution in [0.1, 0.15) is 53.0 Å². The highest BCUT2D eigenvalue weighted by Gasteiger charge is 2.28. The van der Waals surface area contributed by atoms with Gasteiger partial charge in [-0.1, -0.05) is 6.42 Å². The molecule has 3 aromatic rings. The number of rotatable bonds is 2. The first-order valence-corrected chi connectivity index (χ1v) is 10.3. The van der Waals surface area contributed by atoms with Gasteiger partial charge in [0.15, 0.2) is 0 Å². The van der Waals surface area contributed by atoms with Crippen LogP contribution in [0, 0.1) is 12.7 Å². The SMILES string of the molecule is Cc1c(C(=O)N2CCc3nnc(C4CCCCN4)n3CC2)[nH]c2ccc(F)cc12. The minimum Gasteiger partial charge on any atom is -0.350 e. The van der Waals surface area contributed by atoms with Gasteiger partial charge in [-0.3, -0.25) is 4.79 Å². The Kier molecular flexibility index (Phi) is 4.58. The molecule has 7 nitrogen and oxygen atoms in total. The first-order valence-electron chi connectivity index (χ1n) is 10.3. The van der Waals surface area contributed by atoms with Crippen molar-refractivity contribution in [2.24, 2.45) is 0 Å². The zero-order chi connectivity index (χ0) is 20.0. The van der Waals surface area contributed by atoms with Gasteiger partial charge < -0.3 is 19.8 Å². The zero-order valence-electron chi connectivity index (χ0n) is 16.5. The average Bonchev–Trinajstić information content (AvgIpc) is 3.22. The van der Waals surface area contributed by atoms with Crippen molar-refractivity contribution in [1.82, 2.24) is 30.0 Å². The van der Waals surface area contributed by atoms with Crippen molar-refractivity contribution in [3.05, 3.63) is 46.9 Å². The molecule has 5 rings (SSSR count). The van der Waals surface area contributed by atoms with Gasteiger partial charge in [-0.2, -0.15) is 0 Å². The summed E-state index contributed by atoms with van der Waals surface area (Å²) in [6, 6.07) is 4.82. The summed E-state index contributed by atoms with van der Waals surface area (Å²) in [7, 11) is 0. The molecule has 0 radical (unpaired) electrons. The molecule has 1 amide bonds. The Morgan fingerprint density at radius 2 is 2.10 bits per heavy atom. The van der Waals surface area contributed by atoms with E-state index in [1.165, 1.54) is 25.0 Å². The number of aromatic amines is 1. The van der Waals surface area contributed by atoms with Gasteiger partial charge in [0.25, 0.3) is 5.91 Å². The number of piperidine rings is 1. The largest absolute Gasteiger partial charge is 0.350 e. The summed E-state index contributed by atoms with van der Waals surface area (Å²) in [5.41, 5.74) is 2.11. The minimum atomic E-state index is -0.296. The van der Waals surface area contributed by atoms with Gasteiger partial charge >= 0.3 is 0 Å². The Balaban J connectivity index is 1.38. The van der Waals surface area contributed by atoms with Crippen LogP contribution in [0.25, 0.3) is 10.9 Å². The van der Waals surface area contributed by atoms with Crippen molar-refractivity contribution in [2.75, 3.05) is 19.6 Å². The van der Waals surface area contributed by atoms with Crippen molar-refractivity contribution < 1.29 is 9.18 Å². The number of halogens is 1. The van der Waals surface area contributed by atoms with Crippen molar-refractivity contribution >= 4 is 16.8 Å². The molecule has 0 spiro atoms. The minimum absolute atomic E-state index is 0.0461. The highest BCUT2D eigenvalue weighted by atomic mass is 19.1. The number of hydrogen-bond donors (Lipinski definition) is 2. The maximum absolute atomic E-state index is 13.6. The van der Waals surface area contributed by atoms with Crippen molar-refractivity contribution in [3.63, 3.8) is 0 Å². The molecule has 152 valence electrons. The van der Waals surface area contributed by atoms with Crippen LogP contribution in [0.3, 0.4) is 0 Å². The molecule has 29 heavy (non-hydrogen) atoms. The number of carbonyl (C=O) groups is 1.